The van der Waals surface area contributed by atoms with Gasteiger partial charge in [-0.2, -0.15) is 0 Å². The standard InChI is InChI=1S/C23H21N3O2.ClH/c27-23-13-18(28-15-16-4-2-1-3-5-16)9-11-26(23)17-6-7-19-20-8-10-24-14-22(20)25-21(19)12-17;/h1-7,9,11-13,24-25H,8,10,14-15H2;1H. The van der Waals surface area contributed by atoms with E-state index < -0.39 is 0 Å². The monoisotopic (exact) mass is 407 g/mol. The lowest BCUT2D eigenvalue weighted by Crippen LogP contribution is -2.22. The van der Waals surface area contributed by atoms with E-state index in [1.165, 1.54) is 22.7 Å². The molecular formula is C23H22ClN3O2. The van der Waals surface area contributed by atoms with Gasteiger partial charge in [0.05, 0.1) is 5.69 Å². The molecule has 0 atom stereocenters. The summed E-state index contributed by atoms with van der Waals surface area (Å²) in [6, 6.07) is 19.4. The summed E-state index contributed by atoms with van der Waals surface area (Å²) in [6.07, 6.45) is 2.80. The van der Waals surface area contributed by atoms with Crippen LogP contribution in [0.1, 0.15) is 16.8 Å². The normalized spacial score (nSPS) is 13.0. The fraction of sp³-hybridized carbons (Fsp3) is 0.174. The molecule has 6 heteroatoms. The van der Waals surface area contributed by atoms with Crippen molar-refractivity contribution >= 4 is 23.3 Å². The van der Waals surface area contributed by atoms with Gasteiger partial charge in [-0.3, -0.25) is 9.36 Å². The number of nitrogens with zero attached hydrogens (tertiary/aromatic N) is 1. The van der Waals surface area contributed by atoms with Crippen molar-refractivity contribution in [1.29, 1.82) is 0 Å². The third-order valence-electron chi connectivity index (χ3n) is 5.25. The predicted octanol–water partition coefficient (Wildman–Crippen LogP) is 3.97. The second-order valence-corrected chi connectivity index (χ2v) is 7.08. The Balaban J connectivity index is 0.00000205. The van der Waals surface area contributed by atoms with E-state index in [9.17, 15) is 4.79 Å². The molecular weight excluding hydrogens is 386 g/mol. The summed E-state index contributed by atoms with van der Waals surface area (Å²) in [6.45, 7) is 2.32. The lowest BCUT2D eigenvalue weighted by atomic mass is 10.0. The second kappa shape index (κ2) is 8.15. The smallest absolute Gasteiger partial charge is 0.258 e. The Morgan fingerprint density at radius 3 is 2.72 bits per heavy atom. The third kappa shape index (κ3) is 3.79. The van der Waals surface area contributed by atoms with Crippen LogP contribution in [0.3, 0.4) is 0 Å². The highest BCUT2D eigenvalue weighted by molar-refractivity contribution is 5.86. The summed E-state index contributed by atoms with van der Waals surface area (Å²) in [7, 11) is 0. The molecule has 148 valence electrons. The van der Waals surface area contributed by atoms with E-state index >= 15 is 0 Å². The number of halogens is 1. The quantitative estimate of drug-likeness (QED) is 0.538. The number of hydrogen-bond donors (Lipinski definition) is 2. The van der Waals surface area contributed by atoms with E-state index in [1.54, 1.807) is 10.8 Å². The van der Waals surface area contributed by atoms with Gasteiger partial charge in [0.25, 0.3) is 5.56 Å². The number of aromatic nitrogens is 2. The SMILES string of the molecule is Cl.O=c1cc(OCc2ccccc2)ccn1-c1ccc2c3c([nH]c2c1)CNCC3. The van der Waals surface area contributed by atoms with E-state index in [1.807, 2.05) is 48.5 Å². The van der Waals surface area contributed by atoms with Crippen LogP contribution in [-0.4, -0.2) is 16.1 Å². The van der Waals surface area contributed by atoms with Gasteiger partial charge >= 0.3 is 0 Å². The summed E-state index contributed by atoms with van der Waals surface area (Å²) < 4.78 is 7.41. The van der Waals surface area contributed by atoms with Gasteiger partial charge in [0.1, 0.15) is 12.4 Å². The van der Waals surface area contributed by atoms with Gasteiger partial charge < -0.3 is 15.0 Å². The van der Waals surface area contributed by atoms with Crippen molar-refractivity contribution in [3.8, 4) is 11.4 Å². The maximum atomic E-state index is 12.6. The predicted molar refractivity (Wildman–Crippen MR) is 117 cm³/mol. The lowest BCUT2D eigenvalue weighted by molar-refractivity contribution is 0.305. The molecule has 5 rings (SSSR count). The van der Waals surface area contributed by atoms with Crippen LogP contribution in [0.25, 0.3) is 16.6 Å². The molecule has 3 heterocycles. The maximum absolute atomic E-state index is 12.6. The van der Waals surface area contributed by atoms with Gasteiger partial charge in [-0.15, -0.1) is 12.4 Å². The van der Waals surface area contributed by atoms with Gasteiger partial charge in [-0.05, 0) is 42.3 Å². The number of rotatable bonds is 4. The minimum atomic E-state index is -0.108. The molecule has 2 aromatic carbocycles. The zero-order valence-electron chi connectivity index (χ0n) is 15.9. The highest BCUT2D eigenvalue weighted by Gasteiger charge is 2.15. The molecule has 0 amide bonds. The number of H-pyrrole nitrogens is 1. The van der Waals surface area contributed by atoms with Gasteiger partial charge in [0.2, 0.25) is 0 Å². The fourth-order valence-electron chi connectivity index (χ4n) is 3.82. The fourth-order valence-corrected chi connectivity index (χ4v) is 3.82. The summed E-state index contributed by atoms with van der Waals surface area (Å²) in [5, 5.41) is 4.63. The molecule has 2 N–H and O–H groups in total. The average Bonchev–Trinajstić information content (AvgIpc) is 3.11. The van der Waals surface area contributed by atoms with Crippen molar-refractivity contribution in [1.82, 2.24) is 14.9 Å². The van der Waals surface area contributed by atoms with Crippen molar-refractivity contribution in [2.75, 3.05) is 6.54 Å². The van der Waals surface area contributed by atoms with Crippen LogP contribution in [0.5, 0.6) is 5.75 Å². The summed E-state index contributed by atoms with van der Waals surface area (Å²) >= 11 is 0. The molecule has 1 aliphatic rings. The lowest BCUT2D eigenvalue weighted by Gasteiger charge is -2.12. The molecule has 1 aliphatic heterocycles. The number of nitrogens with one attached hydrogen (secondary N) is 2. The average molecular weight is 408 g/mol. The van der Waals surface area contributed by atoms with E-state index in [0.717, 1.165) is 36.3 Å². The Morgan fingerprint density at radius 2 is 1.90 bits per heavy atom. The van der Waals surface area contributed by atoms with Crippen LogP contribution >= 0.6 is 12.4 Å². The van der Waals surface area contributed by atoms with E-state index in [2.05, 4.69) is 16.4 Å². The van der Waals surface area contributed by atoms with Gasteiger partial charge in [0.15, 0.2) is 0 Å². The molecule has 0 aliphatic carbocycles. The van der Waals surface area contributed by atoms with Gasteiger partial charge in [-0.1, -0.05) is 36.4 Å². The Labute approximate surface area is 174 Å². The van der Waals surface area contributed by atoms with Crippen LogP contribution in [0.2, 0.25) is 0 Å². The molecule has 2 aromatic heterocycles. The van der Waals surface area contributed by atoms with Crippen LogP contribution in [0.15, 0.2) is 71.7 Å². The molecule has 0 bridgehead atoms. The molecule has 0 spiro atoms. The number of benzene rings is 2. The van der Waals surface area contributed by atoms with E-state index in [4.69, 9.17) is 4.74 Å². The highest BCUT2D eigenvalue weighted by atomic mass is 35.5. The minimum absolute atomic E-state index is 0. The van der Waals surface area contributed by atoms with Crippen molar-refractivity contribution < 1.29 is 4.74 Å². The first-order valence-corrected chi connectivity index (χ1v) is 9.52. The van der Waals surface area contributed by atoms with Crippen molar-refractivity contribution in [2.45, 2.75) is 19.6 Å². The summed E-state index contributed by atoms with van der Waals surface area (Å²) in [5.41, 5.74) is 5.51. The molecule has 0 saturated heterocycles. The van der Waals surface area contributed by atoms with Crippen molar-refractivity contribution in [2.24, 2.45) is 0 Å². The van der Waals surface area contributed by atoms with E-state index in [-0.39, 0.29) is 18.0 Å². The van der Waals surface area contributed by atoms with Crippen LogP contribution in [-0.2, 0) is 19.6 Å². The molecule has 0 saturated carbocycles. The van der Waals surface area contributed by atoms with E-state index in [0.29, 0.717) is 12.4 Å². The largest absolute Gasteiger partial charge is 0.489 e. The van der Waals surface area contributed by atoms with Crippen LogP contribution in [0, 0.1) is 0 Å². The number of hydrogen-bond acceptors (Lipinski definition) is 3. The third-order valence-corrected chi connectivity index (χ3v) is 5.25. The van der Waals surface area contributed by atoms with Crippen LogP contribution in [0.4, 0.5) is 0 Å². The zero-order chi connectivity index (χ0) is 18.9. The second-order valence-electron chi connectivity index (χ2n) is 7.08. The highest BCUT2D eigenvalue weighted by Crippen LogP contribution is 2.26. The Morgan fingerprint density at radius 1 is 1.03 bits per heavy atom. The van der Waals surface area contributed by atoms with Crippen LogP contribution < -0.4 is 15.6 Å². The number of fused-ring (bicyclic) bond motifs is 3. The summed E-state index contributed by atoms with van der Waals surface area (Å²) in [4.78, 5) is 16.1. The number of pyridine rings is 1. The molecule has 0 fully saturated rings. The molecule has 0 unspecified atom stereocenters. The van der Waals surface area contributed by atoms with Gasteiger partial charge in [-0.25, -0.2) is 0 Å². The zero-order valence-corrected chi connectivity index (χ0v) is 16.7. The molecule has 0 radical (unpaired) electrons. The molecule has 5 nitrogen and oxygen atoms in total. The summed E-state index contributed by atoms with van der Waals surface area (Å²) in [5.74, 6) is 0.576. The molecule has 4 aromatic rings. The van der Waals surface area contributed by atoms with Gasteiger partial charge in [0, 0.05) is 35.4 Å². The number of aromatic amines is 1. The first-order chi connectivity index (χ1) is 13.8. The first kappa shape index (κ1) is 19.3. The van der Waals surface area contributed by atoms with Crippen molar-refractivity contribution in [3.63, 3.8) is 0 Å². The Bertz CT molecular complexity index is 1200. The topological polar surface area (TPSA) is 59.0 Å². The number of ether oxygens (including phenoxy) is 1. The maximum Gasteiger partial charge on any atom is 0.258 e. The Hall–Kier alpha value is -3.02. The first-order valence-electron chi connectivity index (χ1n) is 9.52. The Kier molecular flexibility index (Phi) is 5.43. The van der Waals surface area contributed by atoms with Crippen molar-refractivity contribution in [3.05, 3.63) is 94.0 Å². The molecule has 29 heavy (non-hydrogen) atoms. The minimum Gasteiger partial charge on any atom is -0.489 e.